The zero-order valence-electron chi connectivity index (χ0n) is 12.6. The van der Waals surface area contributed by atoms with Gasteiger partial charge in [-0.2, -0.15) is 0 Å². The number of amides is 2. The first-order chi connectivity index (χ1) is 10.0. The van der Waals surface area contributed by atoms with E-state index >= 15 is 0 Å². The van der Waals surface area contributed by atoms with E-state index in [0.717, 1.165) is 6.54 Å². The van der Waals surface area contributed by atoms with Crippen LogP contribution in [0.3, 0.4) is 0 Å². The Bertz CT molecular complexity index is 450. The maximum Gasteiger partial charge on any atom is 0.239 e. The van der Waals surface area contributed by atoms with Gasteiger partial charge in [0.15, 0.2) is 0 Å². The monoisotopic (exact) mass is 292 g/mol. The van der Waals surface area contributed by atoms with Crippen molar-refractivity contribution in [1.82, 2.24) is 15.5 Å². The fourth-order valence-corrected chi connectivity index (χ4v) is 1.76. The number of carbonyl (C=O) groups is 2. The number of carbonyl (C=O) groups excluding carboxylic acids is 2. The molecule has 1 rings (SSSR count). The van der Waals surface area contributed by atoms with Crippen LogP contribution in [0, 0.1) is 0 Å². The molecule has 1 aromatic carbocycles. The number of likely N-dealkylation sites (N-methyl/N-ethyl adjacent to an activating group) is 1. The van der Waals surface area contributed by atoms with Crippen molar-refractivity contribution in [3.8, 4) is 0 Å². The van der Waals surface area contributed by atoms with Gasteiger partial charge in [-0.15, -0.1) is 0 Å². The summed E-state index contributed by atoms with van der Waals surface area (Å²) in [6.07, 6.45) is 0. The Labute approximate surface area is 125 Å². The Kier molecular flexibility index (Phi) is 7.42. The van der Waals surface area contributed by atoms with E-state index in [0.29, 0.717) is 6.54 Å². The average molecular weight is 292 g/mol. The van der Waals surface area contributed by atoms with E-state index in [1.54, 1.807) is 0 Å². The number of hydrogen-bond acceptors (Lipinski definition) is 4. The molecule has 0 aliphatic heterocycles. The molecule has 1 unspecified atom stereocenters. The molecule has 2 amide bonds. The normalized spacial score (nSPS) is 12.0. The summed E-state index contributed by atoms with van der Waals surface area (Å²) in [6.45, 7) is 3.25. The molecule has 0 saturated carbocycles. The lowest BCUT2D eigenvalue weighted by molar-refractivity contribution is -0.125. The molecule has 0 aliphatic rings. The molecule has 4 N–H and O–H groups in total. The average Bonchev–Trinajstić information content (AvgIpc) is 2.50. The van der Waals surface area contributed by atoms with Crippen LogP contribution in [0.2, 0.25) is 0 Å². The largest absolute Gasteiger partial charge is 0.353 e. The highest BCUT2D eigenvalue weighted by atomic mass is 16.2. The van der Waals surface area contributed by atoms with E-state index in [-0.39, 0.29) is 30.9 Å². The second-order valence-corrected chi connectivity index (χ2v) is 5.03. The molecule has 0 saturated heterocycles. The lowest BCUT2D eigenvalue weighted by Crippen LogP contribution is -2.44. The minimum absolute atomic E-state index is 0.0366. The third kappa shape index (κ3) is 6.87. The third-order valence-corrected chi connectivity index (χ3v) is 3.25. The van der Waals surface area contributed by atoms with E-state index < -0.39 is 0 Å². The second-order valence-electron chi connectivity index (χ2n) is 5.03. The molecule has 0 radical (unpaired) electrons. The van der Waals surface area contributed by atoms with E-state index in [2.05, 4.69) is 27.7 Å². The Morgan fingerprint density at radius 3 is 2.48 bits per heavy atom. The van der Waals surface area contributed by atoms with Gasteiger partial charge in [-0.05, 0) is 19.5 Å². The Morgan fingerprint density at radius 1 is 1.19 bits per heavy atom. The van der Waals surface area contributed by atoms with Gasteiger partial charge in [-0.1, -0.05) is 30.3 Å². The first kappa shape index (κ1) is 17.1. The second kappa shape index (κ2) is 9.10. The number of nitrogens with two attached hydrogens (primary N) is 1. The van der Waals surface area contributed by atoms with Crippen LogP contribution < -0.4 is 16.4 Å². The molecule has 0 bridgehead atoms. The molecule has 21 heavy (non-hydrogen) atoms. The Hall–Kier alpha value is -1.92. The molecule has 0 aliphatic carbocycles. The van der Waals surface area contributed by atoms with Crippen molar-refractivity contribution >= 4 is 11.8 Å². The predicted molar refractivity (Wildman–Crippen MR) is 82.4 cm³/mol. The van der Waals surface area contributed by atoms with Gasteiger partial charge in [0.1, 0.15) is 0 Å². The van der Waals surface area contributed by atoms with Crippen molar-refractivity contribution in [3.05, 3.63) is 35.9 Å². The lowest BCUT2D eigenvalue weighted by Gasteiger charge is -2.25. The molecule has 0 heterocycles. The summed E-state index contributed by atoms with van der Waals surface area (Å²) in [7, 11) is 2.01. The number of nitrogens with one attached hydrogen (secondary N) is 2. The highest BCUT2D eigenvalue weighted by Crippen LogP contribution is 2.05. The molecule has 1 aromatic rings. The van der Waals surface area contributed by atoms with Crippen molar-refractivity contribution < 1.29 is 9.59 Å². The predicted octanol–water partition coefficient (Wildman–Crippen LogP) is -0.302. The molecular weight excluding hydrogens is 268 g/mol. The van der Waals surface area contributed by atoms with Crippen molar-refractivity contribution in [1.29, 1.82) is 0 Å². The first-order valence-corrected chi connectivity index (χ1v) is 7.00. The number of benzene rings is 1. The molecule has 0 spiro atoms. The molecule has 1 atom stereocenters. The van der Waals surface area contributed by atoms with Gasteiger partial charge in [0.05, 0.1) is 13.1 Å². The molecular formula is C15H24N4O2. The van der Waals surface area contributed by atoms with Gasteiger partial charge in [0, 0.05) is 19.1 Å². The van der Waals surface area contributed by atoms with Gasteiger partial charge < -0.3 is 16.4 Å². The van der Waals surface area contributed by atoms with Gasteiger partial charge in [0.2, 0.25) is 11.8 Å². The zero-order valence-corrected chi connectivity index (χ0v) is 12.6. The maximum atomic E-state index is 11.6. The van der Waals surface area contributed by atoms with Crippen molar-refractivity contribution in [2.75, 3.05) is 26.7 Å². The number of rotatable bonds is 8. The minimum atomic E-state index is -0.334. The van der Waals surface area contributed by atoms with Crippen molar-refractivity contribution in [2.24, 2.45) is 5.73 Å². The fourth-order valence-electron chi connectivity index (χ4n) is 1.76. The van der Waals surface area contributed by atoms with Crippen LogP contribution in [0.15, 0.2) is 30.3 Å². The van der Waals surface area contributed by atoms with Gasteiger partial charge in [-0.25, -0.2) is 0 Å². The minimum Gasteiger partial charge on any atom is -0.353 e. The zero-order chi connectivity index (χ0) is 15.7. The summed E-state index contributed by atoms with van der Waals surface area (Å²) in [6, 6.07) is 10.3. The topological polar surface area (TPSA) is 87.5 Å². The summed E-state index contributed by atoms with van der Waals surface area (Å²) in [5.41, 5.74) is 6.37. The SMILES string of the molecule is CC(CNC(=O)CNC(=O)CN)N(C)Cc1ccccc1. The molecule has 0 fully saturated rings. The summed E-state index contributed by atoms with van der Waals surface area (Å²) in [4.78, 5) is 24.7. The van der Waals surface area contributed by atoms with E-state index in [1.165, 1.54) is 5.56 Å². The van der Waals surface area contributed by atoms with E-state index in [1.807, 2.05) is 32.2 Å². The van der Waals surface area contributed by atoms with Crippen molar-refractivity contribution in [2.45, 2.75) is 19.5 Å². The standard InChI is InChI=1S/C15H24N4O2/c1-12(9-17-15(21)10-18-14(20)8-16)19(2)11-13-6-4-3-5-7-13/h3-7,12H,8-11,16H2,1-2H3,(H,17,21)(H,18,20). The number of hydrogen-bond donors (Lipinski definition) is 3. The van der Waals surface area contributed by atoms with Crippen LogP contribution in [0.4, 0.5) is 0 Å². The van der Waals surface area contributed by atoms with Crippen LogP contribution in [-0.4, -0.2) is 49.4 Å². The van der Waals surface area contributed by atoms with Crippen LogP contribution in [0.25, 0.3) is 0 Å². The van der Waals surface area contributed by atoms with Gasteiger partial charge >= 0.3 is 0 Å². The van der Waals surface area contributed by atoms with Gasteiger partial charge in [-0.3, -0.25) is 14.5 Å². The molecule has 6 heteroatoms. The number of nitrogens with zero attached hydrogens (tertiary/aromatic N) is 1. The summed E-state index contributed by atoms with van der Waals surface area (Å²) < 4.78 is 0. The van der Waals surface area contributed by atoms with Crippen LogP contribution in [0.5, 0.6) is 0 Å². The molecule has 116 valence electrons. The summed E-state index contributed by atoms with van der Waals surface area (Å²) in [5, 5.41) is 5.23. The fraction of sp³-hybridized carbons (Fsp3) is 0.467. The van der Waals surface area contributed by atoms with Crippen LogP contribution >= 0.6 is 0 Å². The molecule has 0 aromatic heterocycles. The highest BCUT2D eigenvalue weighted by molar-refractivity contribution is 5.85. The smallest absolute Gasteiger partial charge is 0.239 e. The van der Waals surface area contributed by atoms with Crippen molar-refractivity contribution in [3.63, 3.8) is 0 Å². The van der Waals surface area contributed by atoms with E-state index in [9.17, 15) is 9.59 Å². The Morgan fingerprint density at radius 2 is 1.86 bits per heavy atom. The lowest BCUT2D eigenvalue weighted by atomic mass is 10.2. The van der Waals surface area contributed by atoms with Gasteiger partial charge in [0.25, 0.3) is 0 Å². The van der Waals surface area contributed by atoms with E-state index in [4.69, 9.17) is 5.73 Å². The van der Waals surface area contributed by atoms with Crippen LogP contribution in [0.1, 0.15) is 12.5 Å². The quantitative estimate of drug-likeness (QED) is 0.614. The van der Waals surface area contributed by atoms with Crippen LogP contribution in [-0.2, 0) is 16.1 Å². The third-order valence-electron chi connectivity index (χ3n) is 3.25. The first-order valence-electron chi connectivity index (χ1n) is 7.00. The summed E-state index contributed by atoms with van der Waals surface area (Å²) >= 11 is 0. The summed E-state index contributed by atoms with van der Waals surface area (Å²) in [5.74, 6) is -0.545. The molecule has 6 nitrogen and oxygen atoms in total. The Balaban J connectivity index is 2.27. The maximum absolute atomic E-state index is 11.6. The highest BCUT2D eigenvalue weighted by Gasteiger charge is 2.11.